The Kier molecular flexibility index (Phi) is 5.15. The first-order valence-corrected chi connectivity index (χ1v) is 10.8. The molecule has 2 aliphatic rings. The van der Waals surface area contributed by atoms with Crippen LogP contribution in [0.1, 0.15) is 19.3 Å². The number of hydrogen-bond acceptors (Lipinski definition) is 4. The summed E-state index contributed by atoms with van der Waals surface area (Å²) in [5, 5.41) is 12.5. The Bertz CT molecular complexity index is 1070. The average Bonchev–Trinajstić information content (AvgIpc) is 3.33. The van der Waals surface area contributed by atoms with E-state index in [2.05, 4.69) is 28.1 Å². The van der Waals surface area contributed by atoms with E-state index in [1.807, 2.05) is 30.3 Å². The number of rotatable bonds is 6. The number of hydrogen-bond donors (Lipinski definition) is 1. The highest BCUT2D eigenvalue weighted by Gasteiger charge is 2.70. The number of piperidine rings is 1. The van der Waals surface area contributed by atoms with Gasteiger partial charge in [0.15, 0.2) is 0 Å². The van der Waals surface area contributed by atoms with Crippen molar-refractivity contribution in [2.45, 2.75) is 31.3 Å². The van der Waals surface area contributed by atoms with Gasteiger partial charge in [0.25, 0.3) is 5.92 Å². The third kappa shape index (κ3) is 4.14. The number of alkyl halides is 2. The fourth-order valence-corrected chi connectivity index (χ4v) is 4.67. The Balaban J connectivity index is 1.15. The number of ether oxygens (including phenoxy) is 1. The molecule has 3 aromatic rings. The van der Waals surface area contributed by atoms with Crippen LogP contribution in [0.2, 0.25) is 0 Å². The number of aliphatic hydroxyl groups excluding tert-OH is 1. The van der Waals surface area contributed by atoms with E-state index in [0.717, 1.165) is 21.9 Å². The standard InChI is InChI=1S/C25H26F2N2O2/c26-25(27)17-24(25)7-11-29(12-8-24)15-22(30)16-31-23-4-3-20-13-19(1-2-21(20)14-23)18-5-9-28-10-6-18/h1-6,9-10,13-14,22,30H,7-8,11-12,15-17H2. The van der Waals surface area contributed by atoms with Gasteiger partial charge in [-0.15, -0.1) is 0 Å². The highest BCUT2D eigenvalue weighted by atomic mass is 19.3. The molecule has 4 nitrogen and oxygen atoms in total. The van der Waals surface area contributed by atoms with E-state index < -0.39 is 17.4 Å². The van der Waals surface area contributed by atoms with Crippen molar-refractivity contribution in [3.63, 3.8) is 0 Å². The second kappa shape index (κ2) is 7.84. The number of halogens is 2. The molecule has 0 amide bonds. The van der Waals surface area contributed by atoms with Crippen LogP contribution in [-0.4, -0.2) is 53.3 Å². The van der Waals surface area contributed by atoms with Crippen LogP contribution >= 0.6 is 0 Å². The molecule has 1 unspecified atom stereocenters. The largest absolute Gasteiger partial charge is 0.491 e. The Morgan fingerprint density at radius 2 is 1.65 bits per heavy atom. The molecule has 1 aliphatic carbocycles. The first-order valence-electron chi connectivity index (χ1n) is 10.8. The van der Waals surface area contributed by atoms with Gasteiger partial charge in [-0.1, -0.05) is 18.2 Å². The smallest absolute Gasteiger partial charge is 0.254 e. The quantitative estimate of drug-likeness (QED) is 0.620. The van der Waals surface area contributed by atoms with Crippen molar-refractivity contribution in [3.8, 4) is 16.9 Å². The highest BCUT2D eigenvalue weighted by Crippen LogP contribution is 2.65. The van der Waals surface area contributed by atoms with Gasteiger partial charge in [-0.3, -0.25) is 4.98 Å². The van der Waals surface area contributed by atoms with Gasteiger partial charge in [0, 0.05) is 30.8 Å². The molecule has 1 aromatic heterocycles. The van der Waals surface area contributed by atoms with Crippen LogP contribution in [0.4, 0.5) is 8.78 Å². The van der Waals surface area contributed by atoms with E-state index in [4.69, 9.17) is 4.74 Å². The topological polar surface area (TPSA) is 45.6 Å². The van der Waals surface area contributed by atoms with Crippen molar-refractivity contribution in [1.82, 2.24) is 9.88 Å². The van der Waals surface area contributed by atoms with Crippen LogP contribution in [0.5, 0.6) is 5.75 Å². The Hall–Kier alpha value is -2.57. The zero-order chi connectivity index (χ0) is 21.5. The molecule has 5 rings (SSSR count). The zero-order valence-corrected chi connectivity index (χ0v) is 17.3. The Labute approximate surface area is 180 Å². The molecule has 6 heteroatoms. The Morgan fingerprint density at radius 1 is 0.968 bits per heavy atom. The van der Waals surface area contributed by atoms with Crippen LogP contribution in [0.15, 0.2) is 60.9 Å². The van der Waals surface area contributed by atoms with Crippen molar-refractivity contribution >= 4 is 10.8 Å². The van der Waals surface area contributed by atoms with Crippen molar-refractivity contribution in [2.24, 2.45) is 5.41 Å². The molecule has 2 aromatic carbocycles. The lowest BCUT2D eigenvalue weighted by Gasteiger charge is -2.33. The van der Waals surface area contributed by atoms with Crippen molar-refractivity contribution in [2.75, 3.05) is 26.2 Å². The number of pyridine rings is 1. The summed E-state index contributed by atoms with van der Waals surface area (Å²) >= 11 is 0. The van der Waals surface area contributed by atoms with Gasteiger partial charge in [0.1, 0.15) is 18.5 Å². The molecule has 1 atom stereocenters. The number of benzene rings is 2. The lowest BCUT2D eigenvalue weighted by molar-refractivity contribution is 0.0138. The molecule has 1 N–H and O–H groups in total. The van der Waals surface area contributed by atoms with E-state index in [9.17, 15) is 13.9 Å². The molecule has 162 valence electrons. The molecule has 1 aliphatic heterocycles. The fourth-order valence-electron chi connectivity index (χ4n) is 4.67. The third-order valence-electron chi connectivity index (χ3n) is 6.76. The minimum Gasteiger partial charge on any atom is -0.491 e. The maximum Gasteiger partial charge on any atom is 0.254 e. The van der Waals surface area contributed by atoms with Gasteiger partial charge in [-0.05, 0) is 78.2 Å². The number of aliphatic hydroxyl groups is 1. The number of nitrogens with zero attached hydrogens (tertiary/aromatic N) is 2. The molecule has 2 heterocycles. The molecule has 1 saturated carbocycles. The highest BCUT2D eigenvalue weighted by molar-refractivity contribution is 5.88. The molecule has 0 radical (unpaired) electrons. The average molecular weight is 424 g/mol. The van der Waals surface area contributed by atoms with E-state index in [0.29, 0.717) is 38.2 Å². The first kappa shape index (κ1) is 20.3. The summed E-state index contributed by atoms with van der Waals surface area (Å²) < 4.78 is 32.8. The fraction of sp³-hybridized carbons (Fsp3) is 0.400. The molecular weight excluding hydrogens is 398 g/mol. The van der Waals surface area contributed by atoms with Crippen LogP contribution in [-0.2, 0) is 0 Å². The summed E-state index contributed by atoms with van der Waals surface area (Å²) in [5.41, 5.74) is 1.49. The van der Waals surface area contributed by atoms with Gasteiger partial charge in [-0.25, -0.2) is 8.78 Å². The molecule has 1 spiro atoms. The van der Waals surface area contributed by atoms with E-state index in [-0.39, 0.29) is 13.0 Å². The molecule has 0 bridgehead atoms. The number of likely N-dealkylation sites (tertiary alicyclic amines) is 1. The number of aromatic nitrogens is 1. The summed E-state index contributed by atoms with van der Waals surface area (Å²) in [6.45, 7) is 1.85. The monoisotopic (exact) mass is 424 g/mol. The van der Waals surface area contributed by atoms with E-state index in [1.165, 1.54) is 0 Å². The normalized spacial score (nSPS) is 20.6. The second-order valence-electron chi connectivity index (χ2n) is 8.89. The third-order valence-corrected chi connectivity index (χ3v) is 6.76. The minimum absolute atomic E-state index is 0.0333. The maximum atomic E-state index is 13.5. The van der Waals surface area contributed by atoms with Crippen molar-refractivity contribution in [3.05, 3.63) is 60.9 Å². The van der Waals surface area contributed by atoms with Crippen LogP contribution < -0.4 is 4.74 Å². The van der Waals surface area contributed by atoms with Gasteiger partial charge in [-0.2, -0.15) is 0 Å². The lowest BCUT2D eigenvalue weighted by atomic mass is 9.93. The summed E-state index contributed by atoms with van der Waals surface area (Å²) in [6.07, 6.45) is 3.97. The summed E-state index contributed by atoms with van der Waals surface area (Å²) in [4.78, 5) is 6.13. The molecule has 1 saturated heterocycles. The minimum atomic E-state index is -2.48. The number of β-amino-alcohol motifs (C(OH)–C–C–N with tert-alkyl or cyclic N) is 1. The SMILES string of the molecule is OC(COc1ccc2cc(-c3ccncc3)ccc2c1)CN1CCC2(CC1)CC2(F)F. The predicted octanol–water partition coefficient (Wildman–Crippen LogP) is 4.76. The molecular formula is C25H26F2N2O2. The van der Waals surface area contributed by atoms with Gasteiger partial charge >= 0.3 is 0 Å². The van der Waals surface area contributed by atoms with Crippen molar-refractivity contribution < 1.29 is 18.6 Å². The van der Waals surface area contributed by atoms with Gasteiger partial charge < -0.3 is 14.7 Å². The number of fused-ring (bicyclic) bond motifs is 1. The molecule has 2 fully saturated rings. The van der Waals surface area contributed by atoms with Gasteiger partial charge in [0.2, 0.25) is 0 Å². The van der Waals surface area contributed by atoms with Crippen LogP contribution in [0, 0.1) is 5.41 Å². The van der Waals surface area contributed by atoms with E-state index in [1.54, 1.807) is 12.4 Å². The second-order valence-corrected chi connectivity index (χ2v) is 8.89. The maximum absolute atomic E-state index is 13.5. The summed E-state index contributed by atoms with van der Waals surface area (Å²) in [7, 11) is 0. The van der Waals surface area contributed by atoms with Gasteiger partial charge in [0.05, 0.1) is 0 Å². The molecule has 31 heavy (non-hydrogen) atoms. The first-order chi connectivity index (χ1) is 14.9. The van der Waals surface area contributed by atoms with Crippen LogP contribution in [0.3, 0.4) is 0 Å². The predicted molar refractivity (Wildman–Crippen MR) is 116 cm³/mol. The summed E-state index contributed by atoms with van der Waals surface area (Å²) in [5.74, 6) is -1.77. The van der Waals surface area contributed by atoms with Crippen LogP contribution in [0.25, 0.3) is 21.9 Å². The Morgan fingerprint density at radius 3 is 2.35 bits per heavy atom. The summed E-state index contributed by atoms with van der Waals surface area (Å²) in [6, 6.07) is 16.1. The zero-order valence-electron chi connectivity index (χ0n) is 17.3. The lowest BCUT2D eigenvalue weighted by Crippen LogP contribution is -2.42. The van der Waals surface area contributed by atoms with Crippen molar-refractivity contribution in [1.29, 1.82) is 0 Å². The van der Waals surface area contributed by atoms with E-state index >= 15 is 0 Å².